The highest BCUT2D eigenvalue weighted by molar-refractivity contribution is 4.84. The lowest BCUT2D eigenvalue weighted by Crippen LogP contribution is -2.23. The maximum atomic E-state index is 9.27. The molecular formula is C10H20O. The Bertz CT molecular complexity index is 112. The number of aliphatic hydroxyl groups is 1. The zero-order valence-electron chi connectivity index (χ0n) is 7.77. The molecule has 0 amide bonds. The van der Waals surface area contributed by atoms with Gasteiger partial charge in [0.05, 0.1) is 0 Å². The number of hydrogen-bond acceptors (Lipinski definition) is 1. The summed E-state index contributed by atoms with van der Waals surface area (Å²) < 4.78 is 0. The Morgan fingerprint density at radius 1 is 1.27 bits per heavy atom. The van der Waals surface area contributed by atoms with Gasteiger partial charge < -0.3 is 5.11 Å². The van der Waals surface area contributed by atoms with Gasteiger partial charge in [-0.15, -0.1) is 0 Å². The predicted molar refractivity (Wildman–Crippen MR) is 47.4 cm³/mol. The van der Waals surface area contributed by atoms with Crippen LogP contribution in [0.15, 0.2) is 0 Å². The summed E-state index contributed by atoms with van der Waals surface area (Å²) in [6.45, 7) is 4.90. The van der Waals surface area contributed by atoms with Gasteiger partial charge in [0.2, 0.25) is 0 Å². The second-order valence-corrected chi connectivity index (χ2v) is 4.46. The molecule has 66 valence electrons. The molecule has 1 N–H and O–H groups in total. The van der Waals surface area contributed by atoms with Gasteiger partial charge >= 0.3 is 0 Å². The molecule has 0 unspecified atom stereocenters. The van der Waals surface area contributed by atoms with Crippen LogP contribution in [-0.4, -0.2) is 11.7 Å². The van der Waals surface area contributed by atoms with Crippen LogP contribution in [0.1, 0.15) is 46.0 Å². The number of aliphatic hydroxyl groups excluding tert-OH is 1. The lowest BCUT2D eigenvalue weighted by molar-refractivity contribution is 0.107. The summed E-state index contributed by atoms with van der Waals surface area (Å²) in [7, 11) is 0. The van der Waals surface area contributed by atoms with Crippen molar-refractivity contribution in [1.82, 2.24) is 0 Å². The highest BCUT2D eigenvalue weighted by Crippen LogP contribution is 2.42. The molecule has 11 heavy (non-hydrogen) atoms. The van der Waals surface area contributed by atoms with Crippen molar-refractivity contribution < 1.29 is 5.11 Å². The van der Waals surface area contributed by atoms with Crippen LogP contribution >= 0.6 is 0 Å². The van der Waals surface area contributed by atoms with Gasteiger partial charge in [0.15, 0.2) is 0 Å². The molecule has 1 fully saturated rings. The van der Waals surface area contributed by atoms with Crippen molar-refractivity contribution in [1.29, 1.82) is 0 Å². The maximum Gasteiger partial charge on any atom is 0.0487 e. The first-order valence-corrected chi connectivity index (χ1v) is 4.79. The molecule has 0 saturated heterocycles. The van der Waals surface area contributed by atoms with E-state index in [1.165, 1.54) is 32.1 Å². The van der Waals surface area contributed by atoms with Gasteiger partial charge in [-0.2, -0.15) is 0 Å². The standard InChI is InChI=1S/C10H20O/c1-9(2)7-10(8-11)5-3-4-6-10/h9,11H,3-8H2,1-2H3. The molecule has 0 aromatic rings. The third-order valence-electron chi connectivity index (χ3n) is 2.84. The molecule has 1 rings (SSSR count). The van der Waals surface area contributed by atoms with Crippen molar-refractivity contribution in [2.24, 2.45) is 11.3 Å². The largest absolute Gasteiger partial charge is 0.396 e. The molecule has 0 atom stereocenters. The summed E-state index contributed by atoms with van der Waals surface area (Å²) in [5, 5.41) is 9.27. The van der Waals surface area contributed by atoms with Crippen LogP contribution in [-0.2, 0) is 0 Å². The van der Waals surface area contributed by atoms with E-state index in [1.54, 1.807) is 0 Å². The normalized spacial score (nSPS) is 22.9. The Kier molecular flexibility index (Phi) is 2.94. The van der Waals surface area contributed by atoms with E-state index in [4.69, 9.17) is 0 Å². The summed E-state index contributed by atoms with van der Waals surface area (Å²) in [5.41, 5.74) is 0.314. The predicted octanol–water partition coefficient (Wildman–Crippen LogP) is 2.59. The van der Waals surface area contributed by atoms with E-state index in [9.17, 15) is 5.11 Å². The van der Waals surface area contributed by atoms with Gasteiger partial charge in [0.1, 0.15) is 0 Å². The van der Waals surface area contributed by atoms with Crippen LogP contribution in [0.5, 0.6) is 0 Å². The highest BCUT2D eigenvalue weighted by atomic mass is 16.3. The lowest BCUT2D eigenvalue weighted by Gasteiger charge is -2.28. The van der Waals surface area contributed by atoms with Crippen molar-refractivity contribution in [3.8, 4) is 0 Å². The Morgan fingerprint density at radius 2 is 1.82 bits per heavy atom. The van der Waals surface area contributed by atoms with E-state index in [1.807, 2.05) is 0 Å². The molecule has 1 saturated carbocycles. The van der Waals surface area contributed by atoms with Crippen LogP contribution < -0.4 is 0 Å². The Balaban J connectivity index is 2.45. The van der Waals surface area contributed by atoms with Crippen molar-refractivity contribution >= 4 is 0 Å². The fraction of sp³-hybridized carbons (Fsp3) is 1.00. The van der Waals surface area contributed by atoms with Gasteiger partial charge in [-0.05, 0) is 30.6 Å². The van der Waals surface area contributed by atoms with E-state index in [2.05, 4.69) is 13.8 Å². The average Bonchev–Trinajstić information content (AvgIpc) is 2.36. The second-order valence-electron chi connectivity index (χ2n) is 4.46. The summed E-state index contributed by atoms with van der Waals surface area (Å²) >= 11 is 0. The van der Waals surface area contributed by atoms with Crippen LogP contribution in [0, 0.1) is 11.3 Å². The first kappa shape index (κ1) is 9.05. The van der Waals surface area contributed by atoms with E-state index >= 15 is 0 Å². The zero-order chi connectivity index (χ0) is 8.32. The number of rotatable bonds is 3. The van der Waals surface area contributed by atoms with Crippen LogP contribution in [0.4, 0.5) is 0 Å². The van der Waals surface area contributed by atoms with Crippen LogP contribution in [0.25, 0.3) is 0 Å². The van der Waals surface area contributed by atoms with Gasteiger partial charge in [-0.1, -0.05) is 26.7 Å². The molecule has 0 heterocycles. The quantitative estimate of drug-likeness (QED) is 0.666. The van der Waals surface area contributed by atoms with E-state index in [0.717, 1.165) is 5.92 Å². The molecule has 0 radical (unpaired) electrons. The molecule has 0 aromatic carbocycles. The zero-order valence-corrected chi connectivity index (χ0v) is 7.77. The molecule has 0 aromatic heterocycles. The first-order valence-electron chi connectivity index (χ1n) is 4.79. The molecule has 0 bridgehead atoms. The average molecular weight is 156 g/mol. The Labute approximate surface area is 69.8 Å². The highest BCUT2D eigenvalue weighted by Gasteiger charge is 2.33. The minimum absolute atomic E-state index is 0.314. The number of hydrogen-bond donors (Lipinski definition) is 1. The minimum Gasteiger partial charge on any atom is -0.396 e. The Hall–Kier alpha value is -0.0400. The summed E-state index contributed by atoms with van der Waals surface area (Å²) in [5.74, 6) is 0.736. The van der Waals surface area contributed by atoms with Gasteiger partial charge in [0, 0.05) is 6.61 Å². The topological polar surface area (TPSA) is 20.2 Å². The van der Waals surface area contributed by atoms with E-state index in [-0.39, 0.29) is 0 Å². The smallest absolute Gasteiger partial charge is 0.0487 e. The maximum absolute atomic E-state index is 9.27. The lowest BCUT2D eigenvalue weighted by atomic mass is 9.79. The fourth-order valence-corrected chi connectivity index (χ4v) is 2.42. The summed E-state index contributed by atoms with van der Waals surface area (Å²) in [4.78, 5) is 0. The third-order valence-corrected chi connectivity index (χ3v) is 2.84. The Morgan fingerprint density at radius 3 is 2.18 bits per heavy atom. The van der Waals surface area contributed by atoms with Crippen LogP contribution in [0.2, 0.25) is 0 Å². The molecular weight excluding hydrogens is 136 g/mol. The molecule has 0 aliphatic heterocycles. The molecule has 1 nitrogen and oxygen atoms in total. The van der Waals surface area contributed by atoms with Crippen LogP contribution in [0.3, 0.4) is 0 Å². The summed E-state index contributed by atoms with van der Waals surface area (Å²) in [6, 6.07) is 0. The van der Waals surface area contributed by atoms with Crippen molar-refractivity contribution in [2.75, 3.05) is 6.61 Å². The second kappa shape index (κ2) is 3.57. The van der Waals surface area contributed by atoms with Crippen molar-refractivity contribution in [3.05, 3.63) is 0 Å². The SMILES string of the molecule is CC(C)CC1(CO)CCCC1. The van der Waals surface area contributed by atoms with E-state index in [0.29, 0.717) is 12.0 Å². The van der Waals surface area contributed by atoms with Crippen molar-refractivity contribution in [3.63, 3.8) is 0 Å². The monoisotopic (exact) mass is 156 g/mol. The minimum atomic E-state index is 0.314. The third kappa shape index (κ3) is 2.19. The summed E-state index contributed by atoms with van der Waals surface area (Å²) in [6.07, 6.45) is 6.37. The molecule has 0 spiro atoms. The fourth-order valence-electron chi connectivity index (χ4n) is 2.42. The first-order chi connectivity index (χ1) is 5.18. The van der Waals surface area contributed by atoms with Gasteiger partial charge in [-0.3, -0.25) is 0 Å². The van der Waals surface area contributed by atoms with Crippen molar-refractivity contribution in [2.45, 2.75) is 46.0 Å². The molecule has 1 heteroatoms. The molecule has 1 aliphatic rings. The van der Waals surface area contributed by atoms with E-state index < -0.39 is 0 Å². The van der Waals surface area contributed by atoms with Gasteiger partial charge in [-0.25, -0.2) is 0 Å². The molecule has 1 aliphatic carbocycles. The van der Waals surface area contributed by atoms with Gasteiger partial charge in [0.25, 0.3) is 0 Å².